The molecule has 0 aromatic heterocycles. The second kappa shape index (κ2) is 5.54. The number of thiocarbonyl (C=S) groups is 1. The molecule has 0 heterocycles. The third-order valence-corrected chi connectivity index (χ3v) is 4.94. The van der Waals surface area contributed by atoms with E-state index in [9.17, 15) is 8.42 Å². The zero-order valence-corrected chi connectivity index (χ0v) is 12.9. The highest BCUT2D eigenvalue weighted by molar-refractivity contribution is 7.89. The van der Waals surface area contributed by atoms with E-state index in [1.165, 1.54) is 18.2 Å². The molecule has 2 rings (SSSR count). The largest absolute Gasteiger partial charge is 0.392 e. The predicted octanol–water partition coefficient (Wildman–Crippen LogP) is 2.34. The van der Waals surface area contributed by atoms with Gasteiger partial charge in [0.05, 0.1) is 15.9 Å². The highest BCUT2D eigenvalue weighted by Gasteiger charge is 2.36. The van der Waals surface area contributed by atoms with Crippen molar-refractivity contribution in [2.75, 3.05) is 0 Å². The maximum atomic E-state index is 12.2. The number of hydrogen-bond donors (Lipinski definition) is 2. The summed E-state index contributed by atoms with van der Waals surface area (Å²) in [5.74, 6) is 0.182. The van der Waals surface area contributed by atoms with Crippen molar-refractivity contribution in [1.29, 1.82) is 0 Å². The van der Waals surface area contributed by atoms with E-state index in [1.807, 2.05) is 0 Å². The van der Waals surface area contributed by atoms with Gasteiger partial charge in [-0.2, -0.15) is 0 Å². The Morgan fingerprint density at radius 2 is 1.84 bits per heavy atom. The molecule has 1 aliphatic carbocycles. The Balaban J connectivity index is 2.28. The monoisotopic (exact) mass is 338 g/mol. The number of halogens is 2. The Morgan fingerprint density at radius 3 is 2.26 bits per heavy atom. The van der Waals surface area contributed by atoms with Gasteiger partial charge in [0.25, 0.3) is 0 Å². The fourth-order valence-corrected chi connectivity index (χ4v) is 4.07. The summed E-state index contributed by atoms with van der Waals surface area (Å²) in [5.41, 5.74) is 5.58. The minimum Gasteiger partial charge on any atom is -0.392 e. The molecule has 0 amide bonds. The average molecular weight is 339 g/mol. The van der Waals surface area contributed by atoms with E-state index in [4.69, 9.17) is 41.2 Å². The number of sulfonamides is 1. The van der Waals surface area contributed by atoms with E-state index in [2.05, 4.69) is 4.72 Å². The third-order valence-electron chi connectivity index (χ3n) is 2.83. The smallest absolute Gasteiger partial charge is 0.241 e. The molecule has 1 saturated carbocycles. The molecule has 0 aliphatic heterocycles. The van der Waals surface area contributed by atoms with E-state index in [-0.39, 0.29) is 25.8 Å². The van der Waals surface area contributed by atoms with Gasteiger partial charge in [-0.1, -0.05) is 35.4 Å². The van der Waals surface area contributed by atoms with E-state index < -0.39 is 16.1 Å². The molecule has 1 aliphatic rings. The first kappa shape index (κ1) is 15.0. The van der Waals surface area contributed by atoms with E-state index in [0.717, 1.165) is 12.8 Å². The number of nitrogens with one attached hydrogen (secondary N) is 1. The normalized spacial score (nSPS) is 17.2. The van der Waals surface area contributed by atoms with Crippen LogP contribution in [0.25, 0.3) is 0 Å². The molecule has 0 radical (unpaired) electrons. The van der Waals surface area contributed by atoms with Crippen molar-refractivity contribution in [3.63, 3.8) is 0 Å². The molecule has 0 bridgehead atoms. The van der Waals surface area contributed by atoms with Crippen LogP contribution in [0.5, 0.6) is 0 Å². The number of hydrogen-bond acceptors (Lipinski definition) is 3. The van der Waals surface area contributed by atoms with Crippen LogP contribution in [0.3, 0.4) is 0 Å². The van der Waals surface area contributed by atoms with Gasteiger partial charge in [0.2, 0.25) is 10.0 Å². The molecule has 1 aromatic rings. The SMILES string of the molecule is NC(=S)C(NS(=O)(=O)c1cc(Cl)cc(Cl)c1)C1CC1. The molecule has 0 spiro atoms. The van der Waals surface area contributed by atoms with Gasteiger partial charge in [-0.15, -0.1) is 0 Å². The van der Waals surface area contributed by atoms with Crippen LogP contribution in [0, 0.1) is 5.92 Å². The zero-order valence-electron chi connectivity index (χ0n) is 9.77. The van der Waals surface area contributed by atoms with Gasteiger partial charge in [-0.3, -0.25) is 0 Å². The van der Waals surface area contributed by atoms with Crippen LogP contribution in [0.2, 0.25) is 10.0 Å². The fraction of sp³-hybridized carbons (Fsp3) is 0.364. The number of benzene rings is 1. The average Bonchev–Trinajstić information content (AvgIpc) is 3.08. The van der Waals surface area contributed by atoms with Crippen LogP contribution in [-0.2, 0) is 10.0 Å². The Hall–Kier alpha value is -0.400. The molecular weight excluding hydrogens is 327 g/mol. The molecule has 1 unspecified atom stereocenters. The van der Waals surface area contributed by atoms with Gasteiger partial charge in [0.1, 0.15) is 0 Å². The van der Waals surface area contributed by atoms with E-state index >= 15 is 0 Å². The quantitative estimate of drug-likeness (QED) is 0.808. The summed E-state index contributed by atoms with van der Waals surface area (Å²) in [7, 11) is -3.74. The summed E-state index contributed by atoms with van der Waals surface area (Å²) in [4.78, 5) is 0.158. The predicted molar refractivity (Wildman–Crippen MR) is 80.1 cm³/mol. The van der Waals surface area contributed by atoms with E-state index in [1.54, 1.807) is 0 Å². The maximum Gasteiger partial charge on any atom is 0.241 e. The molecule has 1 atom stereocenters. The first-order chi connectivity index (χ1) is 8.79. The Morgan fingerprint density at radius 1 is 1.32 bits per heavy atom. The van der Waals surface area contributed by atoms with Crippen molar-refractivity contribution >= 4 is 50.4 Å². The van der Waals surface area contributed by atoms with E-state index in [0.29, 0.717) is 0 Å². The number of rotatable bonds is 5. The van der Waals surface area contributed by atoms with Gasteiger partial charge >= 0.3 is 0 Å². The lowest BCUT2D eigenvalue weighted by Gasteiger charge is -2.17. The zero-order chi connectivity index (χ0) is 14.2. The molecule has 3 N–H and O–H groups in total. The van der Waals surface area contributed by atoms with Gasteiger partial charge in [-0.25, -0.2) is 13.1 Å². The summed E-state index contributed by atoms with van der Waals surface area (Å²) in [6.45, 7) is 0. The Bertz CT molecular complexity index is 595. The molecule has 0 saturated heterocycles. The topological polar surface area (TPSA) is 72.2 Å². The van der Waals surface area contributed by atoms with Crippen molar-refractivity contribution in [1.82, 2.24) is 4.72 Å². The lowest BCUT2D eigenvalue weighted by atomic mass is 10.2. The van der Waals surface area contributed by atoms with Crippen molar-refractivity contribution < 1.29 is 8.42 Å². The van der Waals surface area contributed by atoms with Crippen LogP contribution in [0.15, 0.2) is 23.1 Å². The minimum atomic E-state index is -3.74. The lowest BCUT2D eigenvalue weighted by molar-refractivity contribution is 0.565. The molecule has 8 heteroatoms. The van der Waals surface area contributed by atoms with Crippen LogP contribution < -0.4 is 10.5 Å². The third kappa shape index (κ3) is 3.79. The van der Waals surface area contributed by atoms with Crippen LogP contribution >= 0.6 is 35.4 Å². The molecule has 1 fully saturated rings. The second-order valence-corrected chi connectivity index (χ2v) is 7.50. The summed E-state index contributed by atoms with van der Waals surface area (Å²) in [6.07, 6.45) is 1.83. The van der Waals surface area contributed by atoms with Crippen molar-refractivity contribution in [3.05, 3.63) is 28.2 Å². The first-order valence-corrected chi connectivity index (χ1v) is 8.22. The summed E-state index contributed by atoms with van der Waals surface area (Å²) >= 11 is 16.5. The lowest BCUT2D eigenvalue weighted by Crippen LogP contribution is -2.44. The van der Waals surface area contributed by atoms with Gasteiger partial charge < -0.3 is 5.73 Å². The first-order valence-electron chi connectivity index (χ1n) is 5.57. The molecule has 19 heavy (non-hydrogen) atoms. The van der Waals surface area contributed by atoms with Crippen molar-refractivity contribution in [2.45, 2.75) is 23.8 Å². The molecule has 1 aromatic carbocycles. The van der Waals surface area contributed by atoms with Crippen LogP contribution in [-0.4, -0.2) is 19.4 Å². The highest BCUT2D eigenvalue weighted by atomic mass is 35.5. The summed E-state index contributed by atoms with van der Waals surface area (Å²) in [5, 5.41) is 0.511. The van der Waals surface area contributed by atoms with Gasteiger partial charge in [0, 0.05) is 10.0 Å². The highest BCUT2D eigenvalue weighted by Crippen LogP contribution is 2.33. The second-order valence-electron chi connectivity index (χ2n) is 4.44. The molecular formula is C11H12Cl2N2O2S2. The molecule has 4 nitrogen and oxygen atoms in total. The van der Waals surface area contributed by atoms with Gasteiger partial charge in [0.15, 0.2) is 0 Å². The minimum absolute atomic E-state index is 0.00639. The Kier molecular flexibility index (Phi) is 4.37. The maximum absolute atomic E-state index is 12.2. The standard InChI is InChI=1S/C11H12Cl2N2O2S2/c12-7-3-8(13)5-9(4-7)19(16,17)15-10(11(14)18)6-1-2-6/h3-6,10,15H,1-2H2,(H2,14,18). The van der Waals surface area contributed by atoms with Crippen LogP contribution in [0.4, 0.5) is 0 Å². The molecule has 104 valence electrons. The van der Waals surface area contributed by atoms with Crippen LogP contribution in [0.1, 0.15) is 12.8 Å². The van der Waals surface area contributed by atoms with Crippen molar-refractivity contribution in [2.24, 2.45) is 11.7 Å². The summed E-state index contributed by atoms with van der Waals surface area (Å²) in [6, 6.07) is 3.62. The fourth-order valence-electron chi connectivity index (χ4n) is 1.74. The summed E-state index contributed by atoms with van der Waals surface area (Å²) < 4.78 is 27.0. The van der Waals surface area contributed by atoms with Gasteiger partial charge in [-0.05, 0) is 37.0 Å². The Labute approximate surface area is 127 Å². The number of nitrogens with two attached hydrogens (primary N) is 1. The van der Waals surface area contributed by atoms with Crippen molar-refractivity contribution in [3.8, 4) is 0 Å².